The number of aromatic nitrogens is 3. The van der Waals surface area contributed by atoms with Crippen molar-refractivity contribution in [3.8, 4) is 5.75 Å². The van der Waals surface area contributed by atoms with Gasteiger partial charge >= 0.3 is 11.4 Å². The molecule has 1 amide bonds. The average molecular weight is 516 g/mol. The molecular formula is C25H30FN5O6. The monoisotopic (exact) mass is 515 g/mol. The van der Waals surface area contributed by atoms with Crippen molar-refractivity contribution >= 4 is 17.5 Å². The van der Waals surface area contributed by atoms with Gasteiger partial charge in [0.2, 0.25) is 11.9 Å². The summed E-state index contributed by atoms with van der Waals surface area (Å²) in [5.74, 6) is -1.50. The van der Waals surface area contributed by atoms with Crippen LogP contribution < -0.4 is 26.7 Å². The highest BCUT2D eigenvalue weighted by atomic mass is 19.1. The largest absolute Gasteiger partial charge is 0.488 e. The number of anilines is 2. The first kappa shape index (κ1) is 27.6. The van der Waals surface area contributed by atoms with E-state index in [-0.39, 0.29) is 30.0 Å². The van der Waals surface area contributed by atoms with Gasteiger partial charge in [-0.25, -0.2) is 18.5 Å². The second-order valence-electron chi connectivity index (χ2n) is 8.72. The third-order valence-corrected chi connectivity index (χ3v) is 5.27. The van der Waals surface area contributed by atoms with E-state index in [1.54, 1.807) is 26.0 Å². The Bertz CT molecular complexity index is 1350. The van der Waals surface area contributed by atoms with Gasteiger partial charge in [-0.15, -0.1) is 0 Å². The lowest BCUT2D eigenvalue weighted by atomic mass is 10.1. The maximum Gasteiger partial charge on any atom is 0.355 e. The minimum absolute atomic E-state index is 0.00325. The van der Waals surface area contributed by atoms with Crippen LogP contribution in [0.15, 0.2) is 52.1 Å². The fourth-order valence-electron chi connectivity index (χ4n) is 3.40. The maximum atomic E-state index is 14.5. The van der Waals surface area contributed by atoms with Crippen molar-refractivity contribution in [2.75, 3.05) is 18.5 Å². The second-order valence-corrected chi connectivity index (χ2v) is 8.72. The van der Waals surface area contributed by atoms with Crippen molar-refractivity contribution in [1.82, 2.24) is 19.4 Å². The molecule has 4 N–H and O–H groups in total. The van der Waals surface area contributed by atoms with Gasteiger partial charge in [0.05, 0.1) is 31.9 Å². The summed E-state index contributed by atoms with van der Waals surface area (Å²) in [6, 6.07) is 10.5. The Labute approximate surface area is 212 Å². The lowest BCUT2D eigenvalue weighted by molar-refractivity contribution is -0.123. The van der Waals surface area contributed by atoms with Gasteiger partial charge in [-0.3, -0.25) is 9.36 Å². The molecule has 0 atom stereocenters. The molecule has 0 spiro atoms. The topological polar surface area (TPSA) is 148 Å². The summed E-state index contributed by atoms with van der Waals surface area (Å²) in [7, 11) is 0. The van der Waals surface area contributed by atoms with Crippen LogP contribution in [0.25, 0.3) is 0 Å². The molecule has 3 rings (SSSR count). The Morgan fingerprint density at radius 1 is 1.08 bits per heavy atom. The van der Waals surface area contributed by atoms with Crippen LogP contribution in [0.3, 0.4) is 0 Å². The van der Waals surface area contributed by atoms with Crippen LogP contribution in [0.2, 0.25) is 0 Å². The summed E-state index contributed by atoms with van der Waals surface area (Å²) in [5, 5.41) is 23.5. The molecule has 0 radical (unpaired) electrons. The zero-order chi connectivity index (χ0) is 27.1. The first-order valence-electron chi connectivity index (χ1n) is 11.6. The lowest BCUT2D eigenvalue weighted by Gasteiger charge is -2.17. The third kappa shape index (κ3) is 7.24. The van der Waals surface area contributed by atoms with Crippen LogP contribution in [0.4, 0.5) is 16.0 Å². The van der Waals surface area contributed by atoms with Crippen LogP contribution in [-0.4, -0.2) is 55.6 Å². The van der Waals surface area contributed by atoms with E-state index in [0.717, 1.165) is 21.8 Å². The number of benzene rings is 2. The molecule has 0 aliphatic rings. The van der Waals surface area contributed by atoms with E-state index in [2.05, 4.69) is 15.6 Å². The smallest absolute Gasteiger partial charge is 0.355 e. The number of aryl methyl sites for hydroxylation is 1. The minimum atomic E-state index is -1.01. The number of ether oxygens (including phenoxy) is 1. The number of aliphatic hydroxyl groups is 2. The van der Waals surface area contributed by atoms with Crippen molar-refractivity contribution in [2.24, 2.45) is 0 Å². The molecule has 198 valence electrons. The number of amides is 1. The van der Waals surface area contributed by atoms with Gasteiger partial charge in [-0.05, 0) is 38.5 Å². The third-order valence-electron chi connectivity index (χ3n) is 5.27. The first-order valence-corrected chi connectivity index (χ1v) is 11.6. The summed E-state index contributed by atoms with van der Waals surface area (Å²) in [5.41, 5.74) is 0.118. The Balaban J connectivity index is 2.00. The fourth-order valence-corrected chi connectivity index (χ4v) is 3.40. The van der Waals surface area contributed by atoms with Gasteiger partial charge in [0, 0.05) is 11.8 Å². The zero-order valence-corrected chi connectivity index (χ0v) is 20.8. The molecule has 0 bridgehead atoms. The minimum Gasteiger partial charge on any atom is -0.488 e. The van der Waals surface area contributed by atoms with Crippen molar-refractivity contribution in [3.63, 3.8) is 0 Å². The Kier molecular flexibility index (Phi) is 9.15. The molecule has 0 saturated carbocycles. The number of hydrogen-bond acceptors (Lipinski definition) is 8. The van der Waals surface area contributed by atoms with E-state index in [9.17, 15) is 18.8 Å². The predicted octanol–water partition coefficient (Wildman–Crippen LogP) is 0.901. The molecule has 11 nitrogen and oxygen atoms in total. The fraction of sp³-hybridized carbons (Fsp3) is 0.360. The molecule has 37 heavy (non-hydrogen) atoms. The molecule has 0 aliphatic carbocycles. The van der Waals surface area contributed by atoms with Crippen LogP contribution in [0.5, 0.6) is 5.75 Å². The maximum absolute atomic E-state index is 14.5. The van der Waals surface area contributed by atoms with Gasteiger partial charge in [-0.1, -0.05) is 29.8 Å². The first-order chi connectivity index (χ1) is 17.6. The number of rotatable bonds is 11. The Morgan fingerprint density at radius 2 is 1.76 bits per heavy atom. The molecular weight excluding hydrogens is 485 g/mol. The number of hydrogen-bond donors (Lipinski definition) is 4. The molecule has 1 heterocycles. The van der Waals surface area contributed by atoms with E-state index in [4.69, 9.17) is 14.9 Å². The van der Waals surface area contributed by atoms with E-state index < -0.39 is 48.9 Å². The average Bonchev–Trinajstić information content (AvgIpc) is 2.85. The van der Waals surface area contributed by atoms with E-state index in [1.807, 2.05) is 19.1 Å². The summed E-state index contributed by atoms with van der Waals surface area (Å²) >= 11 is 0. The van der Waals surface area contributed by atoms with Gasteiger partial charge in [0.25, 0.3) is 0 Å². The lowest BCUT2D eigenvalue weighted by Crippen LogP contribution is -2.48. The molecule has 0 saturated heterocycles. The van der Waals surface area contributed by atoms with Crippen LogP contribution in [0, 0.1) is 12.7 Å². The highest BCUT2D eigenvalue weighted by molar-refractivity contribution is 5.76. The molecule has 0 fully saturated rings. The Hall–Kier alpha value is -4.03. The van der Waals surface area contributed by atoms with E-state index in [0.29, 0.717) is 4.57 Å². The number of aliphatic hydroxyl groups excluding tert-OH is 2. The summed E-state index contributed by atoms with van der Waals surface area (Å²) in [6.07, 6.45) is -0.232. The van der Waals surface area contributed by atoms with Crippen molar-refractivity contribution < 1.29 is 24.1 Å². The Morgan fingerprint density at radius 3 is 2.35 bits per heavy atom. The van der Waals surface area contributed by atoms with Crippen LogP contribution in [-0.2, 0) is 17.9 Å². The van der Waals surface area contributed by atoms with Gasteiger partial charge in [0.1, 0.15) is 6.54 Å². The molecule has 0 aliphatic heterocycles. The quantitative estimate of drug-likeness (QED) is 0.295. The number of carbonyl (C=O) groups is 1. The molecule has 1 aromatic heterocycles. The van der Waals surface area contributed by atoms with Crippen molar-refractivity contribution in [2.45, 2.75) is 46.0 Å². The molecule has 2 aromatic carbocycles. The number of nitrogens with one attached hydrogen (secondary N) is 2. The van der Waals surface area contributed by atoms with E-state index >= 15 is 0 Å². The zero-order valence-electron chi connectivity index (χ0n) is 20.8. The predicted molar refractivity (Wildman–Crippen MR) is 135 cm³/mol. The number of nitrogens with zero attached hydrogens (tertiary/aromatic N) is 3. The number of halogens is 1. The van der Waals surface area contributed by atoms with E-state index in [1.165, 1.54) is 12.1 Å². The molecule has 3 aromatic rings. The SMILES string of the molecule is Cc1ccc(Cn2c(Nc3ccc(OC(C)C)c(F)c3)nc(=O)n(CC(=O)NC(CO)CO)c2=O)cc1. The molecule has 0 unspecified atom stereocenters. The van der Waals surface area contributed by atoms with Gasteiger partial charge < -0.3 is 25.6 Å². The van der Waals surface area contributed by atoms with Crippen molar-refractivity contribution in [3.05, 3.63) is 80.4 Å². The molecule has 12 heteroatoms. The highest BCUT2D eigenvalue weighted by Gasteiger charge is 2.18. The van der Waals surface area contributed by atoms with Gasteiger partial charge in [0.15, 0.2) is 11.6 Å². The van der Waals surface area contributed by atoms with Gasteiger partial charge in [-0.2, -0.15) is 4.98 Å². The summed E-state index contributed by atoms with van der Waals surface area (Å²) in [6.45, 7) is 3.73. The number of carbonyl (C=O) groups excluding carboxylic acids is 1. The summed E-state index contributed by atoms with van der Waals surface area (Å²) < 4.78 is 21.7. The van der Waals surface area contributed by atoms with Crippen LogP contribution in [0.1, 0.15) is 25.0 Å². The van der Waals surface area contributed by atoms with Crippen molar-refractivity contribution in [1.29, 1.82) is 0 Å². The van der Waals surface area contributed by atoms with Crippen LogP contribution >= 0.6 is 0 Å². The highest BCUT2D eigenvalue weighted by Crippen LogP contribution is 2.24. The summed E-state index contributed by atoms with van der Waals surface area (Å²) in [4.78, 5) is 42.4. The normalized spacial score (nSPS) is 11.1. The second kappa shape index (κ2) is 12.3. The standard InChI is InChI=1S/C25H30FN5O6/c1-15(2)37-21-9-8-18(10-20(21)26)28-23-29-24(35)31(12-22(34)27-19(13-32)14-33)25(36)30(23)11-17-6-4-16(3)5-7-17/h4-10,15,19,32-33H,11-14H2,1-3H3,(H,27,34)(H,28,29,35).